The highest BCUT2D eigenvalue weighted by Crippen LogP contribution is 2.17. The average molecular weight is 322 g/mol. The van der Waals surface area contributed by atoms with Gasteiger partial charge in [-0.15, -0.1) is 11.3 Å². The number of carbonyl (C=O) groups is 1. The van der Waals surface area contributed by atoms with Crippen molar-refractivity contribution < 1.29 is 18.0 Å². The molecule has 0 fully saturated rings. The van der Waals surface area contributed by atoms with Gasteiger partial charge in [0.2, 0.25) is 0 Å². The monoisotopic (exact) mass is 321 g/mol. The first-order valence-electron chi connectivity index (χ1n) is 5.24. The van der Waals surface area contributed by atoms with Crippen LogP contribution in [-0.2, 0) is 4.79 Å². The number of hydrogen-bond acceptors (Lipinski definition) is 3. The Balaban J connectivity index is 2.56. The van der Waals surface area contributed by atoms with E-state index in [9.17, 15) is 18.0 Å². The third-order valence-corrected chi connectivity index (χ3v) is 3.46. The number of aromatic nitrogens is 2. The molecule has 0 aromatic carbocycles. The summed E-state index contributed by atoms with van der Waals surface area (Å²) in [5, 5.41) is 1.85. The van der Waals surface area contributed by atoms with Gasteiger partial charge in [-0.05, 0) is 19.1 Å². The number of nitrogens with zero attached hydrogens (tertiary/aromatic N) is 3. The Kier molecular flexibility index (Phi) is 3.96. The highest BCUT2D eigenvalue weighted by Gasteiger charge is 2.38. The standard InChI is InChI=1S/C11H7ClF3N3OS/c1-6-5-20-10(17-9(19)11(13,14)15)18(6)7-2-3-8(12)16-4-7/h2-5H,1H3. The topological polar surface area (TPSA) is 47.2 Å². The molecule has 0 atom stereocenters. The zero-order valence-corrected chi connectivity index (χ0v) is 11.6. The summed E-state index contributed by atoms with van der Waals surface area (Å²) in [6, 6.07) is 3.07. The maximum Gasteiger partial charge on any atom is 0.473 e. The summed E-state index contributed by atoms with van der Waals surface area (Å²) in [7, 11) is 0. The molecule has 2 rings (SSSR count). The molecule has 106 valence electrons. The van der Waals surface area contributed by atoms with E-state index in [1.54, 1.807) is 18.4 Å². The SMILES string of the molecule is Cc1csc(=NC(=O)C(F)(F)F)n1-c1ccc(Cl)nc1. The van der Waals surface area contributed by atoms with Crippen LogP contribution in [0.4, 0.5) is 13.2 Å². The van der Waals surface area contributed by atoms with Crippen LogP contribution in [0.3, 0.4) is 0 Å². The molecule has 2 aromatic rings. The van der Waals surface area contributed by atoms with Gasteiger partial charge in [-0.25, -0.2) is 4.98 Å². The molecule has 0 aliphatic carbocycles. The van der Waals surface area contributed by atoms with E-state index in [0.717, 1.165) is 11.3 Å². The van der Waals surface area contributed by atoms with Gasteiger partial charge < -0.3 is 0 Å². The van der Waals surface area contributed by atoms with E-state index >= 15 is 0 Å². The van der Waals surface area contributed by atoms with Crippen molar-refractivity contribution in [3.8, 4) is 5.69 Å². The molecule has 0 aliphatic rings. The van der Waals surface area contributed by atoms with Crippen molar-refractivity contribution in [3.05, 3.63) is 39.4 Å². The fourth-order valence-corrected chi connectivity index (χ4v) is 2.42. The smallest absolute Gasteiger partial charge is 0.288 e. The van der Waals surface area contributed by atoms with Crippen molar-refractivity contribution in [1.29, 1.82) is 0 Å². The fourth-order valence-electron chi connectivity index (χ4n) is 1.44. The predicted octanol–water partition coefficient (Wildman–Crippen LogP) is 2.89. The molecule has 2 heterocycles. The molecule has 0 spiro atoms. The number of carbonyl (C=O) groups excluding carboxylic acids is 1. The van der Waals surface area contributed by atoms with Crippen LogP contribution < -0.4 is 4.80 Å². The van der Waals surface area contributed by atoms with Crippen LogP contribution >= 0.6 is 22.9 Å². The van der Waals surface area contributed by atoms with Crippen molar-refractivity contribution in [2.24, 2.45) is 4.99 Å². The summed E-state index contributed by atoms with van der Waals surface area (Å²) in [4.78, 5) is 17.8. The molecule has 0 saturated carbocycles. The van der Waals surface area contributed by atoms with Crippen LogP contribution in [0.2, 0.25) is 5.15 Å². The molecule has 1 amide bonds. The first kappa shape index (κ1) is 14.7. The second-order valence-corrected chi connectivity index (χ2v) is 4.97. The molecular weight excluding hydrogens is 315 g/mol. The van der Waals surface area contributed by atoms with Crippen molar-refractivity contribution in [3.63, 3.8) is 0 Å². The number of aryl methyl sites for hydroxylation is 1. The average Bonchev–Trinajstić information content (AvgIpc) is 2.71. The summed E-state index contributed by atoms with van der Waals surface area (Å²) in [5.74, 6) is -2.14. The Bertz CT molecular complexity index is 703. The fraction of sp³-hybridized carbons (Fsp3) is 0.182. The van der Waals surface area contributed by atoms with Crippen LogP contribution in [-0.4, -0.2) is 21.6 Å². The van der Waals surface area contributed by atoms with Crippen molar-refractivity contribution in [2.45, 2.75) is 13.1 Å². The van der Waals surface area contributed by atoms with Crippen LogP contribution in [0.15, 0.2) is 28.7 Å². The van der Waals surface area contributed by atoms with Gasteiger partial charge in [0.25, 0.3) is 0 Å². The Morgan fingerprint density at radius 2 is 2.15 bits per heavy atom. The van der Waals surface area contributed by atoms with Crippen molar-refractivity contribution >= 4 is 28.8 Å². The molecule has 0 saturated heterocycles. The Morgan fingerprint density at radius 1 is 1.45 bits per heavy atom. The largest absolute Gasteiger partial charge is 0.473 e. The summed E-state index contributed by atoms with van der Waals surface area (Å²) < 4.78 is 38.2. The van der Waals surface area contributed by atoms with Gasteiger partial charge in [0.05, 0.1) is 11.9 Å². The van der Waals surface area contributed by atoms with E-state index in [0.29, 0.717) is 11.4 Å². The van der Waals surface area contributed by atoms with Gasteiger partial charge in [-0.2, -0.15) is 18.2 Å². The van der Waals surface area contributed by atoms with Crippen LogP contribution in [0.1, 0.15) is 5.69 Å². The maximum atomic E-state index is 12.3. The van der Waals surface area contributed by atoms with E-state index in [1.165, 1.54) is 16.8 Å². The van der Waals surface area contributed by atoms with Crippen LogP contribution in [0, 0.1) is 6.92 Å². The Hall–Kier alpha value is -1.67. The Labute approximate surface area is 120 Å². The number of pyridine rings is 1. The first-order chi connectivity index (χ1) is 9.29. The summed E-state index contributed by atoms with van der Waals surface area (Å²) in [6.45, 7) is 1.68. The lowest BCUT2D eigenvalue weighted by molar-refractivity contribution is -0.169. The number of halogens is 4. The highest BCUT2D eigenvalue weighted by molar-refractivity contribution is 7.07. The van der Waals surface area contributed by atoms with E-state index < -0.39 is 12.1 Å². The third-order valence-electron chi connectivity index (χ3n) is 2.29. The molecular formula is C11H7ClF3N3OS. The molecule has 2 aromatic heterocycles. The second kappa shape index (κ2) is 5.37. The summed E-state index contributed by atoms with van der Waals surface area (Å²) >= 11 is 6.59. The van der Waals surface area contributed by atoms with Crippen molar-refractivity contribution in [2.75, 3.05) is 0 Å². The molecule has 0 bridgehead atoms. The first-order valence-corrected chi connectivity index (χ1v) is 6.50. The quantitative estimate of drug-likeness (QED) is 0.758. The lowest BCUT2D eigenvalue weighted by Crippen LogP contribution is -2.25. The predicted molar refractivity (Wildman–Crippen MR) is 67.8 cm³/mol. The van der Waals surface area contributed by atoms with Gasteiger partial charge >= 0.3 is 12.1 Å². The normalized spacial score (nSPS) is 12.8. The second-order valence-electron chi connectivity index (χ2n) is 3.75. The minimum atomic E-state index is -4.99. The van der Waals surface area contributed by atoms with E-state index in [-0.39, 0.29) is 9.95 Å². The minimum absolute atomic E-state index is 0.0750. The molecule has 0 N–H and O–H groups in total. The van der Waals surface area contributed by atoms with Gasteiger partial charge in [-0.1, -0.05) is 11.6 Å². The highest BCUT2D eigenvalue weighted by atomic mass is 35.5. The zero-order valence-electron chi connectivity index (χ0n) is 9.98. The molecule has 4 nitrogen and oxygen atoms in total. The number of rotatable bonds is 1. The lowest BCUT2D eigenvalue weighted by atomic mass is 10.4. The van der Waals surface area contributed by atoms with Gasteiger partial charge in [-0.3, -0.25) is 9.36 Å². The molecule has 0 aliphatic heterocycles. The van der Waals surface area contributed by atoms with E-state index in [2.05, 4.69) is 9.98 Å². The summed E-state index contributed by atoms with van der Waals surface area (Å²) in [5.41, 5.74) is 1.11. The van der Waals surface area contributed by atoms with Gasteiger partial charge in [0.1, 0.15) is 5.15 Å². The number of alkyl halides is 3. The zero-order chi connectivity index (χ0) is 14.9. The molecule has 0 radical (unpaired) electrons. The van der Waals surface area contributed by atoms with Crippen LogP contribution in [0.25, 0.3) is 5.69 Å². The van der Waals surface area contributed by atoms with Gasteiger partial charge in [0, 0.05) is 11.1 Å². The van der Waals surface area contributed by atoms with Crippen LogP contribution in [0.5, 0.6) is 0 Å². The maximum absolute atomic E-state index is 12.3. The lowest BCUT2D eigenvalue weighted by Gasteiger charge is -2.05. The Morgan fingerprint density at radius 3 is 2.70 bits per heavy atom. The molecule has 20 heavy (non-hydrogen) atoms. The van der Waals surface area contributed by atoms with Gasteiger partial charge in [0.15, 0.2) is 4.80 Å². The number of hydrogen-bond donors (Lipinski definition) is 0. The minimum Gasteiger partial charge on any atom is -0.288 e. The van der Waals surface area contributed by atoms with E-state index in [4.69, 9.17) is 11.6 Å². The number of amides is 1. The molecule has 9 heteroatoms. The number of thiazole rings is 1. The van der Waals surface area contributed by atoms with E-state index in [1.807, 2.05) is 0 Å². The van der Waals surface area contributed by atoms with Crippen molar-refractivity contribution in [1.82, 2.24) is 9.55 Å². The molecule has 0 unspecified atom stereocenters. The summed E-state index contributed by atoms with van der Waals surface area (Å²) in [6.07, 6.45) is -3.60. The third kappa shape index (κ3) is 3.07.